The molecular weight excluding hydrogens is 162 g/mol. The second-order valence-electron chi connectivity index (χ2n) is 4.69. The highest BCUT2D eigenvalue weighted by molar-refractivity contribution is 5.85. The molecule has 1 amide bonds. The average molecular weight is 183 g/mol. The first kappa shape index (κ1) is 12.2. The van der Waals surface area contributed by atoms with Crippen LogP contribution >= 0.6 is 0 Å². The molecule has 0 rings (SSSR count). The van der Waals surface area contributed by atoms with E-state index in [-0.39, 0.29) is 16.7 Å². The summed E-state index contributed by atoms with van der Waals surface area (Å²) in [5, 5.41) is 0. The molecule has 0 aliphatic rings. The molecule has 0 aromatic heterocycles. The highest BCUT2D eigenvalue weighted by atomic mass is 16.1. The van der Waals surface area contributed by atoms with Gasteiger partial charge in [0.1, 0.15) is 0 Å². The van der Waals surface area contributed by atoms with Crippen molar-refractivity contribution in [3.63, 3.8) is 0 Å². The molecule has 76 valence electrons. The van der Waals surface area contributed by atoms with Crippen molar-refractivity contribution in [1.29, 1.82) is 0 Å². The zero-order chi connectivity index (χ0) is 10.7. The van der Waals surface area contributed by atoms with Crippen molar-refractivity contribution >= 4 is 5.91 Å². The number of rotatable bonds is 4. The van der Waals surface area contributed by atoms with Gasteiger partial charge >= 0.3 is 0 Å². The smallest absolute Gasteiger partial charge is 0.241 e. The maximum Gasteiger partial charge on any atom is 0.241 e. The average Bonchev–Trinajstić information content (AvgIpc) is 2.01. The van der Waals surface area contributed by atoms with Crippen LogP contribution in [0.1, 0.15) is 41.0 Å². The highest BCUT2D eigenvalue weighted by Crippen LogP contribution is 2.42. The lowest BCUT2D eigenvalue weighted by molar-refractivity contribution is -0.113. The molecule has 0 aliphatic carbocycles. The van der Waals surface area contributed by atoms with E-state index < -0.39 is 0 Å². The summed E-state index contributed by atoms with van der Waals surface area (Å²) in [6.07, 6.45) is 4.43. The monoisotopic (exact) mass is 183 g/mol. The zero-order valence-corrected chi connectivity index (χ0v) is 9.35. The lowest BCUT2D eigenvalue weighted by Crippen LogP contribution is -2.30. The first-order chi connectivity index (χ1) is 5.73. The van der Waals surface area contributed by atoms with E-state index in [0.717, 1.165) is 6.42 Å². The Morgan fingerprint density at radius 3 is 2.08 bits per heavy atom. The Bertz CT molecular complexity index is 214. The first-order valence-corrected chi connectivity index (χ1v) is 4.71. The Kier molecular flexibility index (Phi) is 3.71. The normalized spacial score (nSPS) is 13.6. The molecule has 0 unspecified atom stereocenters. The molecule has 0 saturated carbocycles. The fraction of sp³-hybridized carbons (Fsp3) is 0.727. The number of allylic oxidation sites excluding steroid dienone is 1. The lowest BCUT2D eigenvalue weighted by atomic mass is 9.66. The Hall–Kier alpha value is -0.790. The van der Waals surface area contributed by atoms with Crippen LogP contribution in [0.25, 0.3) is 0 Å². The number of carbonyl (C=O) groups excluding carboxylic acids is 1. The second-order valence-corrected chi connectivity index (χ2v) is 4.69. The van der Waals surface area contributed by atoms with Crippen molar-refractivity contribution in [3.8, 4) is 0 Å². The van der Waals surface area contributed by atoms with Crippen LogP contribution in [-0.2, 0) is 4.79 Å². The molecule has 0 fully saturated rings. The van der Waals surface area contributed by atoms with Gasteiger partial charge in [0.25, 0.3) is 0 Å². The molecule has 0 spiro atoms. The van der Waals surface area contributed by atoms with E-state index in [1.165, 1.54) is 6.08 Å². The summed E-state index contributed by atoms with van der Waals surface area (Å²) in [5.74, 6) is -0.375. The molecule has 2 N–H and O–H groups in total. The van der Waals surface area contributed by atoms with Gasteiger partial charge < -0.3 is 5.73 Å². The fourth-order valence-corrected chi connectivity index (χ4v) is 0.972. The van der Waals surface area contributed by atoms with Crippen LogP contribution in [0.5, 0.6) is 0 Å². The summed E-state index contributed by atoms with van der Waals surface area (Å²) in [6, 6.07) is 0. The molecule has 0 aromatic carbocycles. The third-order valence-electron chi connectivity index (χ3n) is 3.29. The molecule has 0 saturated heterocycles. The van der Waals surface area contributed by atoms with Gasteiger partial charge in [-0.05, 0) is 16.9 Å². The van der Waals surface area contributed by atoms with E-state index in [4.69, 9.17) is 5.73 Å². The maximum atomic E-state index is 10.6. The third-order valence-corrected chi connectivity index (χ3v) is 3.29. The Morgan fingerprint density at radius 2 is 1.77 bits per heavy atom. The van der Waals surface area contributed by atoms with Gasteiger partial charge in [0, 0.05) is 0 Å². The number of primary amides is 1. The summed E-state index contributed by atoms with van der Waals surface area (Å²) in [5.41, 5.74) is 5.23. The lowest BCUT2D eigenvalue weighted by Gasteiger charge is -2.38. The molecule has 0 aromatic rings. The number of hydrogen-bond acceptors (Lipinski definition) is 1. The van der Waals surface area contributed by atoms with Gasteiger partial charge in [0.2, 0.25) is 5.91 Å². The standard InChI is InChI=1S/C11H21NO/c1-6-10(2,3)11(4,5)8-7-9(12)13/h7-8H,6H2,1-5H3,(H2,12,13)/b8-7+. The van der Waals surface area contributed by atoms with Crippen molar-refractivity contribution in [2.45, 2.75) is 41.0 Å². The minimum atomic E-state index is -0.375. The molecule has 2 heteroatoms. The van der Waals surface area contributed by atoms with Gasteiger partial charge in [-0.2, -0.15) is 0 Å². The van der Waals surface area contributed by atoms with Crippen LogP contribution in [0.3, 0.4) is 0 Å². The van der Waals surface area contributed by atoms with E-state index in [1.807, 2.05) is 6.08 Å². The van der Waals surface area contributed by atoms with Crippen LogP contribution in [0.15, 0.2) is 12.2 Å². The first-order valence-electron chi connectivity index (χ1n) is 4.71. The highest BCUT2D eigenvalue weighted by Gasteiger charge is 2.32. The summed E-state index contributed by atoms with van der Waals surface area (Å²) >= 11 is 0. The van der Waals surface area contributed by atoms with Gasteiger partial charge in [-0.3, -0.25) is 4.79 Å². The van der Waals surface area contributed by atoms with Crippen molar-refractivity contribution < 1.29 is 4.79 Å². The summed E-state index contributed by atoms with van der Waals surface area (Å²) < 4.78 is 0. The van der Waals surface area contributed by atoms with Crippen molar-refractivity contribution in [2.75, 3.05) is 0 Å². The third kappa shape index (κ3) is 3.21. The van der Waals surface area contributed by atoms with Gasteiger partial charge in [-0.1, -0.05) is 47.1 Å². The second kappa shape index (κ2) is 3.95. The molecule has 0 bridgehead atoms. The van der Waals surface area contributed by atoms with Crippen molar-refractivity contribution in [3.05, 3.63) is 12.2 Å². The van der Waals surface area contributed by atoms with E-state index in [0.29, 0.717) is 0 Å². The van der Waals surface area contributed by atoms with Crippen LogP contribution in [0.4, 0.5) is 0 Å². The molecule has 2 nitrogen and oxygen atoms in total. The van der Waals surface area contributed by atoms with E-state index in [2.05, 4.69) is 34.6 Å². The molecule has 0 radical (unpaired) electrons. The minimum Gasteiger partial charge on any atom is -0.366 e. The predicted molar refractivity (Wildman–Crippen MR) is 56.2 cm³/mol. The van der Waals surface area contributed by atoms with Gasteiger partial charge in [0.05, 0.1) is 0 Å². The van der Waals surface area contributed by atoms with E-state index >= 15 is 0 Å². The molecule has 0 heterocycles. The Morgan fingerprint density at radius 1 is 1.31 bits per heavy atom. The summed E-state index contributed by atoms with van der Waals surface area (Å²) in [7, 11) is 0. The molecule has 13 heavy (non-hydrogen) atoms. The number of carbonyl (C=O) groups is 1. The zero-order valence-electron chi connectivity index (χ0n) is 9.35. The number of nitrogens with two attached hydrogens (primary N) is 1. The quantitative estimate of drug-likeness (QED) is 0.668. The SMILES string of the molecule is CCC(C)(C)C(C)(C)/C=C/C(N)=O. The molecule has 0 aliphatic heterocycles. The van der Waals surface area contributed by atoms with Gasteiger partial charge in [-0.15, -0.1) is 0 Å². The maximum absolute atomic E-state index is 10.6. The largest absolute Gasteiger partial charge is 0.366 e. The molecular formula is C11H21NO. The van der Waals surface area contributed by atoms with Crippen LogP contribution < -0.4 is 5.73 Å². The molecule has 0 atom stereocenters. The van der Waals surface area contributed by atoms with Crippen molar-refractivity contribution in [1.82, 2.24) is 0 Å². The Balaban J connectivity index is 4.66. The predicted octanol–water partition coefficient (Wildman–Crippen LogP) is 2.49. The van der Waals surface area contributed by atoms with Gasteiger partial charge in [0.15, 0.2) is 0 Å². The van der Waals surface area contributed by atoms with Crippen LogP contribution in [0, 0.1) is 10.8 Å². The van der Waals surface area contributed by atoms with Crippen LogP contribution in [0.2, 0.25) is 0 Å². The number of amides is 1. The fourth-order valence-electron chi connectivity index (χ4n) is 0.972. The van der Waals surface area contributed by atoms with Gasteiger partial charge in [-0.25, -0.2) is 0 Å². The summed E-state index contributed by atoms with van der Waals surface area (Å²) in [6.45, 7) is 10.8. The topological polar surface area (TPSA) is 43.1 Å². The van der Waals surface area contributed by atoms with E-state index in [1.54, 1.807) is 0 Å². The van der Waals surface area contributed by atoms with Crippen molar-refractivity contribution in [2.24, 2.45) is 16.6 Å². The Labute approximate surface area is 81.2 Å². The summed E-state index contributed by atoms with van der Waals surface area (Å²) in [4.78, 5) is 10.6. The minimum absolute atomic E-state index is 0.00319. The van der Waals surface area contributed by atoms with Crippen LogP contribution in [-0.4, -0.2) is 5.91 Å². The number of hydrogen-bond donors (Lipinski definition) is 1. The van der Waals surface area contributed by atoms with E-state index in [9.17, 15) is 4.79 Å².